The summed E-state index contributed by atoms with van der Waals surface area (Å²) in [6.07, 6.45) is 1.71. The average molecular weight is 390 g/mol. The van der Waals surface area contributed by atoms with Crippen LogP contribution in [0.1, 0.15) is 19.8 Å². The molecule has 1 saturated heterocycles. The number of halogens is 3. The molecule has 0 amide bonds. The lowest BCUT2D eigenvalue weighted by molar-refractivity contribution is 0.349. The molecule has 2 N–H and O–H groups in total. The zero-order valence-electron chi connectivity index (χ0n) is 12.2. The van der Waals surface area contributed by atoms with Crippen LogP contribution in [0.4, 0.5) is 0 Å². The van der Waals surface area contributed by atoms with Crippen LogP contribution in [0.15, 0.2) is 17.0 Å². The summed E-state index contributed by atoms with van der Waals surface area (Å²) < 4.78 is 32.7. The third-order valence-corrected chi connectivity index (χ3v) is 5.81. The van der Waals surface area contributed by atoms with E-state index < -0.39 is 10.0 Å². The molecule has 0 bridgehead atoms. The van der Waals surface area contributed by atoms with Gasteiger partial charge in [0, 0.05) is 18.2 Å². The standard InChI is InChI=1S/C13H18Cl2N2O3S.ClH/c1-8-11(4-3-5-16-8)17-21(18,19)13-7-9(14)12(20-2)6-10(13)15;/h6-8,11,16-17H,3-5H2,1-2H3;1H. The second-order valence-corrected chi connectivity index (χ2v) is 7.53. The molecule has 22 heavy (non-hydrogen) atoms. The summed E-state index contributed by atoms with van der Waals surface area (Å²) in [5, 5.41) is 3.53. The minimum absolute atomic E-state index is 0. The highest BCUT2D eigenvalue weighted by Crippen LogP contribution is 2.33. The summed E-state index contributed by atoms with van der Waals surface area (Å²) in [7, 11) is -2.29. The summed E-state index contributed by atoms with van der Waals surface area (Å²) in [4.78, 5) is -0.0345. The lowest BCUT2D eigenvalue weighted by Gasteiger charge is -2.30. The Bertz CT molecular complexity index is 625. The van der Waals surface area contributed by atoms with Crippen molar-refractivity contribution in [3.63, 3.8) is 0 Å². The van der Waals surface area contributed by atoms with E-state index in [1.54, 1.807) is 0 Å². The number of nitrogens with one attached hydrogen (secondary N) is 2. The highest BCUT2D eigenvalue weighted by atomic mass is 35.5. The van der Waals surface area contributed by atoms with Gasteiger partial charge in [0.15, 0.2) is 0 Å². The lowest BCUT2D eigenvalue weighted by Crippen LogP contribution is -2.51. The highest BCUT2D eigenvalue weighted by Gasteiger charge is 2.28. The smallest absolute Gasteiger partial charge is 0.242 e. The maximum Gasteiger partial charge on any atom is 0.242 e. The monoisotopic (exact) mass is 388 g/mol. The summed E-state index contributed by atoms with van der Waals surface area (Å²) in [5.74, 6) is 0.341. The Morgan fingerprint density at radius 3 is 2.59 bits per heavy atom. The van der Waals surface area contributed by atoms with Crippen molar-refractivity contribution < 1.29 is 13.2 Å². The highest BCUT2D eigenvalue weighted by molar-refractivity contribution is 7.89. The lowest BCUT2D eigenvalue weighted by atomic mass is 10.0. The van der Waals surface area contributed by atoms with E-state index >= 15 is 0 Å². The first-order chi connectivity index (χ1) is 9.85. The van der Waals surface area contributed by atoms with Gasteiger partial charge in [0.1, 0.15) is 10.6 Å². The van der Waals surface area contributed by atoms with Gasteiger partial charge in [-0.25, -0.2) is 13.1 Å². The number of sulfonamides is 1. The van der Waals surface area contributed by atoms with Gasteiger partial charge in [0.05, 0.1) is 17.2 Å². The Kier molecular flexibility index (Phi) is 7.23. The second kappa shape index (κ2) is 8.04. The summed E-state index contributed by atoms with van der Waals surface area (Å²) in [6.45, 7) is 2.85. The molecule has 0 saturated carbocycles. The number of hydrogen-bond donors (Lipinski definition) is 2. The predicted octanol–water partition coefficient (Wildman–Crippen LogP) is 2.84. The van der Waals surface area contributed by atoms with Gasteiger partial charge in [-0.1, -0.05) is 23.2 Å². The summed E-state index contributed by atoms with van der Waals surface area (Å²) >= 11 is 12.0. The maximum atomic E-state index is 12.5. The fourth-order valence-corrected chi connectivity index (χ4v) is 4.54. The van der Waals surface area contributed by atoms with Gasteiger partial charge in [-0.2, -0.15) is 0 Å². The van der Waals surface area contributed by atoms with Crippen LogP contribution in [0.25, 0.3) is 0 Å². The maximum absolute atomic E-state index is 12.5. The largest absolute Gasteiger partial charge is 0.495 e. The first kappa shape index (κ1) is 19.8. The molecule has 9 heteroatoms. The molecule has 1 fully saturated rings. The topological polar surface area (TPSA) is 67.4 Å². The number of rotatable bonds is 4. The third-order valence-electron chi connectivity index (χ3n) is 3.56. The number of piperidine rings is 1. The molecule has 0 spiro atoms. The molecule has 1 aromatic rings. The Labute approximate surface area is 147 Å². The van der Waals surface area contributed by atoms with E-state index in [1.807, 2.05) is 6.92 Å². The van der Waals surface area contributed by atoms with Crippen molar-refractivity contribution >= 4 is 45.6 Å². The summed E-state index contributed by atoms with van der Waals surface area (Å²) in [5.41, 5.74) is 0. The first-order valence-corrected chi connectivity index (χ1v) is 8.88. The van der Waals surface area contributed by atoms with E-state index in [-0.39, 0.29) is 39.4 Å². The first-order valence-electron chi connectivity index (χ1n) is 6.64. The molecule has 1 aromatic carbocycles. The Balaban J connectivity index is 0.00000242. The van der Waals surface area contributed by atoms with Crippen LogP contribution in [0, 0.1) is 0 Å². The molecular weight excluding hydrogens is 371 g/mol. The number of methoxy groups -OCH3 is 1. The Hall–Kier alpha value is -0.240. The van der Waals surface area contributed by atoms with Crippen molar-refractivity contribution in [3.8, 4) is 5.75 Å². The molecule has 0 aromatic heterocycles. The van der Waals surface area contributed by atoms with E-state index in [1.165, 1.54) is 19.2 Å². The zero-order valence-corrected chi connectivity index (χ0v) is 15.4. The average Bonchev–Trinajstić information content (AvgIpc) is 2.43. The van der Waals surface area contributed by atoms with Crippen LogP contribution in [-0.2, 0) is 10.0 Å². The number of ether oxygens (including phenoxy) is 1. The van der Waals surface area contributed by atoms with Gasteiger partial charge in [-0.15, -0.1) is 12.4 Å². The van der Waals surface area contributed by atoms with E-state index in [4.69, 9.17) is 27.9 Å². The van der Waals surface area contributed by atoms with Crippen molar-refractivity contribution in [2.75, 3.05) is 13.7 Å². The molecule has 2 atom stereocenters. The quantitative estimate of drug-likeness (QED) is 0.831. The number of hydrogen-bond acceptors (Lipinski definition) is 4. The molecule has 0 radical (unpaired) electrons. The Morgan fingerprint density at radius 2 is 2.00 bits per heavy atom. The van der Waals surface area contributed by atoms with Crippen LogP contribution in [-0.4, -0.2) is 34.2 Å². The van der Waals surface area contributed by atoms with Gasteiger partial charge < -0.3 is 10.1 Å². The van der Waals surface area contributed by atoms with Crippen molar-refractivity contribution in [3.05, 3.63) is 22.2 Å². The Morgan fingerprint density at radius 1 is 1.32 bits per heavy atom. The van der Waals surface area contributed by atoms with Crippen molar-refractivity contribution in [2.24, 2.45) is 0 Å². The molecule has 126 valence electrons. The molecule has 1 aliphatic rings. The van der Waals surface area contributed by atoms with Crippen LogP contribution in [0.3, 0.4) is 0 Å². The third kappa shape index (κ3) is 4.40. The fourth-order valence-electron chi connectivity index (χ4n) is 2.34. The van der Waals surface area contributed by atoms with Crippen LogP contribution >= 0.6 is 35.6 Å². The number of benzene rings is 1. The molecule has 1 heterocycles. The van der Waals surface area contributed by atoms with Crippen molar-refractivity contribution in [1.29, 1.82) is 0 Å². The van der Waals surface area contributed by atoms with E-state index in [2.05, 4.69) is 10.0 Å². The summed E-state index contributed by atoms with van der Waals surface area (Å²) in [6, 6.07) is 2.62. The zero-order chi connectivity index (χ0) is 15.6. The normalized spacial score (nSPS) is 22.0. The van der Waals surface area contributed by atoms with Crippen molar-refractivity contribution in [2.45, 2.75) is 36.7 Å². The van der Waals surface area contributed by atoms with Crippen LogP contribution < -0.4 is 14.8 Å². The van der Waals surface area contributed by atoms with Gasteiger partial charge >= 0.3 is 0 Å². The van der Waals surface area contributed by atoms with Gasteiger partial charge in [0.2, 0.25) is 10.0 Å². The van der Waals surface area contributed by atoms with Crippen LogP contribution in [0.5, 0.6) is 5.75 Å². The predicted molar refractivity (Wildman–Crippen MR) is 91.1 cm³/mol. The molecule has 5 nitrogen and oxygen atoms in total. The molecule has 1 aliphatic heterocycles. The minimum Gasteiger partial charge on any atom is -0.495 e. The molecule has 2 rings (SSSR count). The second-order valence-electron chi connectivity index (χ2n) is 5.03. The van der Waals surface area contributed by atoms with Gasteiger partial charge in [0.25, 0.3) is 0 Å². The van der Waals surface area contributed by atoms with Crippen LogP contribution in [0.2, 0.25) is 10.0 Å². The van der Waals surface area contributed by atoms with E-state index in [0.29, 0.717) is 5.75 Å². The van der Waals surface area contributed by atoms with Crippen molar-refractivity contribution in [1.82, 2.24) is 10.0 Å². The van der Waals surface area contributed by atoms with Gasteiger partial charge in [-0.3, -0.25) is 0 Å². The molecule has 0 aliphatic carbocycles. The van der Waals surface area contributed by atoms with E-state index in [0.717, 1.165) is 19.4 Å². The fraction of sp³-hybridized carbons (Fsp3) is 0.538. The minimum atomic E-state index is -3.73. The molecular formula is C13H19Cl3N2O3S. The molecule has 2 unspecified atom stereocenters. The van der Waals surface area contributed by atoms with Gasteiger partial charge in [-0.05, 0) is 32.4 Å². The SMILES string of the molecule is COc1cc(Cl)c(S(=O)(=O)NC2CCCNC2C)cc1Cl.Cl. The van der Waals surface area contributed by atoms with E-state index in [9.17, 15) is 8.42 Å².